The Morgan fingerprint density at radius 1 is 1.35 bits per heavy atom. The maximum atomic E-state index is 12.4. The molecule has 1 amide bonds. The van der Waals surface area contributed by atoms with E-state index in [9.17, 15) is 9.90 Å². The summed E-state index contributed by atoms with van der Waals surface area (Å²) >= 11 is 0. The maximum Gasteiger partial charge on any atom is 0.273 e. The van der Waals surface area contributed by atoms with Gasteiger partial charge in [0.2, 0.25) is 0 Å². The van der Waals surface area contributed by atoms with Crippen molar-refractivity contribution in [3.05, 3.63) is 17.5 Å². The van der Waals surface area contributed by atoms with Crippen LogP contribution < -0.4 is 5.32 Å². The zero-order valence-electron chi connectivity index (χ0n) is 16.0. The standard InChI is InChI=1S/C19H32N4O3/c1-14(2)23-7-3-4-15(12-23)11-20-19(25)18-10-17(26-21-18)13-22-8-5-16(24)6-9-22/h10,14-16,24H,3-9,11-13H2,1-2H3,(H,20,25)/t15-/m0/s1. The first-order valence-corrected chi connectivity index (χ1v) is 9.89. The number of carbonyl (C=O) groups excluding carboxylic acids is 1. The summed E-state index contributed by atoms with van der Waals surface area (Å²) in [5.74, 6) is 1.05. The average Bonchev–Trinajstić information content (AvgIpc) is 3.10. The molecule has 2 N–H and O–H groups in total. The lowest BCUT2D eigenvalue weighted by Crippen LogP contribution is -2.43. The third-order valence-electron chi connectivity index (χ3n) is 5.56. The molecule has 2 aliphatic heterocycles. The number of hydrogen-bond acceptors (Lipinski definition) is 6. The molecule has 0 unspecified atom stereocenters. The average molecular weight is 364 g/mol. The molecule has 0 aromatic carbocycles. The molecule has 146 valence electrons. The van der Waals surface area contributed by atoms with E-state index < -0.39 is 0 Å². The molecule has 26 heavy (non-hydrogen) atoms. The van der Waals surface area contributed by atoms with Gasteiger partial charge in [-0.3, -0.25) is 9.69 Å². The second-order valence-electron chi connectivity index (χ2n) is 7.99. The number of hydrogen-bond donors (Lipinski definition) is 2. The highest BCUT2D eigenvalue weighted by atomic mass is 16.5. The smallest absolute Gasteiger partial charge is 0.273 e. The number of aliphatic hydroxyl groups is 1. The molecule has 0 aliphatic carbocycles. The van der Waals surface area contributed by atoms with Crippen LogP contribution >= 0.6 is 0 Å². The van der Waals surface area contributed by atoms with Gasteiger partial charge in [-0.05, 0) is 52.0 Å². The van der Waals surface area contributed by atoms with E-state index in [1.165, 1.54) is 6.42 Å². The summed E-state index contributed by atoms with van der Waals surface area (Å²) in [4.78, 5) is 17.1. The van der Waals surface area contributed by atoms with Crippen LogP contribution in [-0.4, -0.2) is 70.8 Å². The van der Waals surface area contributed by atoms with E-state index in [1.807, 2.05) is 0 Å². The zero-order chi connectivity index (χ0) is 18.5. The Morgan fingerprint density at radius 3 is 2.85 bits per heavy atom. The Labute approximate surface area is 155 Å². The monoisotopic (exact) mass is 364 g/mol. The Bertz CT molecular complexity index is 581. The SMILES string of the molecule is CC(C)N1CCC[C@@H](CNC(=O)c2cc(CN3CCC(O)CC3)on2)C1. The molecule has 7 nitrogen and oxygen atoms in total. The molecule has 1 aromatic rings. The highest BCUT2D eigenvalue weighted by Crippen LogP contribution is 2.18. The molecule has 0 radical (unpaired) electrons. The van der Waals surface area contributed by atoms with Crippen molar-refractivity contribution in [1.82, 2.24) is 20.3 Å². The van der Waals surface area contributed by atoms with Crippen LogP contribution in [0.15, 0.2) is 10.6 Å². The van der Waals surface area contributed by atoms with Crippen LogP contribution in [0, 0.1) is 5.92 Å². The molecule has 3 rings (SSSR count). The summed E-state index contributed by atoms with van der Waals surface area (Å²) in [6, 6.07) is 2.30. The van der Waals surface area contributed by atoms with Gasteiger partial charge in [0.05, 0.1) is 12.6 Å². The van der Waals surface area contributed by atoms with Gasteiger partial charge >= 0.3 is 0 Å². The normalized spacial score (nSPS) is 23.5. The van der Waals surface area contributed by atoms with Crippen LogP contribution in [0.3, 0.4) is 0 Å². The van der Waals surface area contributed by atoms with E-state index in [0.29, 0.717) is 36.5 Å². The molecule has 1 aromatic heterocycles. The van der Waals surface area contributed by atoms with Gasteiger partial charge in [-0.2, -0.15) is 0 Å². The second kappa shape index (κ2) is 8.97. The lowest BCUT2D eigenvalue weighted by molar-refractivity contribution is 0.0748. The lowest BCUT2D eigenvalue weighted by Gasteiger charge is -2.35. The minimum Gasteiger partial charge on any atom is -0.393 e. The van der Waals surface area contributed by atoms with E-state index in [0.717, 1.165) is 45.4 Å². The third-order valence-corrected chi connectivity index (χ3v) is 5.56. The predicted molar refractivity (Wildman–Crippen MR) is 98.8 cm³/mol. The molecule has 1 atom stereocenters. The van der Waals surface area contributed by atoms with E-state index in [1.54, 1.807) is 6.07 Å². The molecular weight excluding hydrogens is 332 g/mol. The molecule has 3 heterocycles. The van der Waals surface area contributed by atoms with Crippen LogP contribution in [0.4, 0.5) is 0 Å². The molecule has 0 saturated carbocycles. The van der Waals surface area contributed by atoms with E-state index >= 15 is 0 Å². The van der Waals surface area contributed by atoms with Crippen LogP contribution in [0.25, 0.3) is 0 Å². The second-order valence-corrected chi connectivity index (χ2v) is 7.99. The van der Waals surface area contributed by atoms with Gasteiger partial charge in [-0.1, -0.05) is 5.16 Å². The number of aliphatic hydroxyl groups excluding tert-OH is 1. The van der Waals surface area contributed by atoms with Gasteiger partial charge < -0.3 is 19.8 Å². The predicted octanol–water partition coefficient (Wildman–Crippen LogP) is 1.48. The van der Waals surface area contributed by atoms with E-state index in [2.05, 4.69) is 34.1 Å². The fraction of sp³-hybridized carbons (Fsp3) is 0.789. The van der Waals surface area contributed by atoms with Crippen molar-refractivity contribution in [1.29, 1.82) is 0 Å². The summed E-state index contributed by atoms with van der Waals surface area (Å²) in [6.45, 7) is 9.66. The van der Waals surface area contributed by atoms with Gasteiger partial charge in [0.15, 0.2) is 11.5 Å². The number of nitrogens with one attached hydrogen (secondary N) is 1. The number of rotatable bonds is 6. The number of likely N-dealkylation sites (tertiary alicyclic amines) is 2. The Kier molecular flexibility index (Phi) is 6.67. The minimum absolute atomic E-state index is 0.157. The van der Waals surface area contributed by atoms with Gasteiger partial charge in [0, 0.05) is 38.3 Å². The van der Waals surface area contributed by atoms with E-state index in [-0.39, 0.29) is 12.0 Å². The van der Waals surface area contributed by atoms with Gasteiger partial charge in [-0.25, -0.2) is 0 Å². The Balaban J connectivity index is 1.44. The quantitative estimate of drug-likeness (QED) is 0.796. The van der Waals surface area contributed by atoms with Gasteiger partial charge in [0.1, 0.15) is 0 Å². The number of piperidine rings is 2. The van der Waals surface area contributed by atoms with Crippen molar-refractivity contribution in [3.8, 4) is 0 Å². The zero-order valence-corrected chi connectivity index (χ0v) is 16.0. The molecule has 0 bridgehead atoms. The van der Waals surface area contributed by atoms with Crippen molar-refractivity contribution >= 4 is 5.91 Å². The first-order valence-electron chi connectivity index (χ1n) is 9.89. The summed E-state index contributed by atoms with van der Waals surface area (Å²) in [7, 11) is 0. The minimum atomic E-state index is -0.186. The Morgan fingerprint density at radius 2 is 2.12 bits per heavy atom. The first kappa shape index (κ1) is 19.3. The maximum absolute atomic E-state index is 12.4. The molecule has 7 heteroatoms. The van der Waals surface area contributed by atoms with Crippen LogP contribution in [0.1, 0.15) is 55.8 Å². The fourth-order valence-corrected chi connectivity index (χ4v) is 3.85. The fourth-order valence-electron chi connectivity index (χ4n) is 3.85. The van der Waals surface area contributed by atoms with Crippen molar-refractivity contribution in [3.63, 3.8) is 0 Å². The molecule has 2 aliphatic rings. The van der Waals surface area contributed by atoms with Gasteiger partial charge in [-0.15, -0.1) is 0 Å². The largest absolute Gasteiger partial charge is 0.393 e. The van der Waals surface area contributed by atoms with Crippen molar-refractivity contribution in [2.75, 3.05) is 32.7 Å². The lowest BCUT2D eigenvalue weighted by atomic mass is 9.97. The highest BCUT2D eigenvalue weighted by Gasteiger charge is 2.23. The van der Waals surface area contributed by atoms with Gasteiger partial charge in [0.25, 0.3) is 5.91 Å². The Hall–Kier alpha value is -1.44. The van der Waals surface area contributed by atoms with Crippen molar-refractivity contribution < 1.29 is 14.4 Å². The van der Waals surface area contributed by atoms with Crippen LogP contribution in [0.2, 0.25) is 0 Å². The third kappa shape index (κ3) is 5.28. The topological polar surface area (TPSA) is 81.8 Å². The van der Waals surface area contributed by atoms with Crippen LogP contribution in [-0.2, 0) is 6.54 Å². The number of nitrogens with zero attached hydrogens (tertiary/aromatic N) is 3. The highest BCUT2D eigenvalue weighted by molar-refractivity contribution is 5.92. The summed E-state index contributed by atoms with van der Waals surface area (Å²) in [6.07, 6.45) is 3.74. The van der Waals surface area contributed by atoms with Crippen molar-refractivity contribution in [2.45, 2.75) is 58.2 Å². The summed E-state index contributed by atoms with van der Waals surface area (Å²) in [5.41, 5.74) is 0.355. The molecule has 0 spiro atoms. The molecule has 2 saturated heterocycles. The van der Waals surface area contributed by atoms with E-state index in [4.69, 9.17) is 4.52 Å². The molecular formula is C19H32N4O3. The van der Waals surface area contributed by atoms with Crippen molar-refractivity contribution in [2.24, 2.45) is 5.92 Å². The number of aromatic nitrogens is 1. The number of amides is 1. The first-order chi connectivity index (χ1) is 12.5. The number of carbonyl (C=O) groups is 1. The van der Waals surface area contributed by atoms with Crippen LogP contribution in [0.5, 0.6) is 0 Å². The summed E-state index contributed by atoms with van der Waals surface area (Å²) < 4.78 is 5.33. The molecule has 2 fully saturated rings. The summed E-state index contributed by atoms with van der Waals surface area (Å²) in [5, 5.41) is 16.5.